The summed E-state index contributed by atoms with van der Waals surface area (Å²) < 4.78 is 4.85. The Kier molecular flexibility index (Phi) is 3.29. The highest BCUT2D eigenvalue weighted by Crippen LogP contribution is 2.44. The molecule has 3 nitrogen and oxygen atoms in total. The maximum absolute atomic E-state index is 11.6. The summed E-state index contributed by atoms with van der Waals surface area (Å²) in [7, 11) is 1.46. The third-order valence-electron chi connectivity index (χ3n) is 4.13. The van der Waals surface area contributed by atoms with E-state index in [0.717, 1.165) is 32.1 Å². The van der Waals surface area contributed by atoms with Crippen LogP contribution < -0.4 is 0 Å². The molecule has 0 saturated heterocycles. The summed E-state index contributed by atoms with van der Waals surface area (Å²) in [6.45, 7) is 0. The smallest absolute Gasteiger partial charge is 0.308 e. The Hall–Kier alpha value is -0.570. The molecule has 4 atom stereocenters. The van der Waals surface area contributed by atoms with E-state index >= 15 is 0 Å². The molecule has 0 amide bonds. The zero-order chi connectivity index (χ0) is 10.8. The summed E-state index contributed by atoms with van der Waals surface area (Å²) in [6.07, 6.45) is 5.90. The van der Waals surface area contributed by atoms with Crippen molar-refractivity contribution in [3.05, 3.63) is 0 Å². The van der Waals surface area contributed by atoms with Gasteiger partial charge in [-0.25, -0.2) is 0 Å². The molecule has 0 aromatic rings. The lowest BCUT2D eigenvalue weighted by Gasteiger charge is -2.41. The van der Waals surface area contributed by atoms with Crippen molar-refractivity contribution >= 4 is 5.97 Å². The van der Waals surface area contributed by atoms with Crippen molar-refractivity contribution in [2.45, 2.75) is 44.6 Å². The van der Waals surface area contributed by atoms with E-state index in [1.54, 1.807) is 0 Å². The Labute approximate surface area is 90.8 Å². The van der Waals surface area contributed by atoms with Gasteiger partial charge >= 0.3 is 5.97 Å². The van der Waals surface area contributed by atoms with Crippen molar-refractivity contribution in [1.29, 1.82) is 0 Å². The number of fused-ring (bicyclic) bond motifs is 1. The van der Waals surface area contributed by atoms with E-state index < -0.39 is 0 Å². The quantitative estimate of drug-likeness (QED) is 0.673. The summed E-state index contributed by atoms with van der Waals surface area (Å²) in [4.78, 5) is 11.6. The summed E-state index contributed by atoms with van der Waals surface area (Å²) in [6, 6.07) is 0. The van der Waals surface area contributed by atoms with Crippen LogP contribution in [-0.2, 0) is 9.53 Å². The molecule has 2 rings (SSSR count). The van der Waals surface area contributed by atoms with Crippen LogP contribution >= 0.6 is 0 Å². The number of aliphatic hydroxyl groups is 1. The predicted octanol–water partition coefficient (Wildman–Crippen LogP) is 1.74. The molecule has 2 saturated carbocycles. The van der Waals surface area contributed by atoms with E-state index in [9.17, 15) is 9.90 Å². The van der Waals surface area contributed by atoms with Gasteiger partial charge in [0.15, 0.2) is 0 Å². The molecule has 2 aliphatic rings. The zero-order valence-electron chi connectivity index (χ0n) is 9.32. The van der Waals surface area contributed by atoms with Gasteiger partial charge < -0.3 is 9.84 Å². The molecule has 2 aliphatic carbocycles. The van der Waals surface area contributed by atoms with Gasteiger partial charge in [-0.1, -0.05) is 12.8 Å². The van der Waals surface area contributed by atoms with Crippen molar-refractivity contribution in [2.24, 2.45) is 17.8 Å². The lowest BCUT2D eigenvalue weighted by molar-refractivity contribution is -0.151. The van der Waals surface area contributed by atoms with Crippen LogP contribution in [0.1, 0.15) is 38.5 Å². The fraction of sp³-hybridized carbons (Fsp3) is 0.917. The van der Waals surface area contributed by atoms with E-state index in [-0.39, 0.29) is 18.0 Å². The van der Waals surface area contributed by atoms with Crippen molar-refractivity contribution in [2.75, 3.05) is 7.11 Å². The summed E-state index contributed by atoms with van der Waals surface area (Å²) in [5.74, 6) is 0.990. The number of hydrogen-bond acceptors (Lipinski definition) is 3. The topological polar surface area (TPSA) is 46.5 Å². The predicted molar refractivity (Wildman–Crippen MR) is 56.2 cm³/mol. The van der Waals surface area contributed by atoms with Crippen LogP contribution in [0.4, 0.5) is 0 Å². The average molecular weight is 212 g/mol. The van der Waals surface area contributed by atoms with Crippen molar-refractivity contribution in [1.82, 2.24) is 0 Å². The Bertz CT molecular complexity index is 239. The minimum absolute atomic E-state index is 0.0451. The van der Waals surface area contributed by atoms with Crippen LogP contribution in [0.15, 0.2) is 0 Å². The first-order valence-electron chi connectivity index (χ1n) is 5.98. The fourth-order valence-electron chi connectivity index (χ4n) is 3.35. The van der Waals surface area contributed by atoms with Crippen molar-refractivity contribution in [3.8, 4) is 0 Å². The molecule has 86 valence electrons. The molecule has 0 spiro atoms. The third-order valence-corrected chi connectivity index (χ3v) is 4.13. The van der Waals surface area contributed by atoms with Crippen molar-refractivity contribution < 1.29 is 14.6 Å². The van der Waals surface area contributed by atoms with Gasteiger partial charge in [-0.15, -0.1) is 0 Å². The van der Waals surface area contributed by atoms with E-state index in [0.29, 0.717) is 11.8 Å². The second-order valence-corrected chi connectivity index (χ2v) is 4.95. The molecule has 4 unspecified atom stereocenters. The monoisotopic (exact) mass is 212 g/mol. The highest BCUT2D eigenvalue weighted by atomic mass is 16.5. The van der Waals surface area contributed by atoms with Crippen LogP contribution in [0.5, 0.6) is 0 Å². The highest BCUT2D eigenvalue weighted by molar-refractivity contribution is 5.72. The maximum Gasteiger partial charge on any atom is 0.308 e. The minimum atomic E-state index is -0.198. The maximum atomic E-state index is 11.6. The number of rotatable bonds is 1. The lowest BCUT2D eigenvalue weighted by atomic mass is 9.65. The number of ether oxygens (including phenoxy) is 1. The zero-order valence-corrected chi connectivity index (χ0v) is 9.32. The Balaban J connectivity index is 2.07. The molecule has 0 radical (unpaired) electrons. The number of methoxy groups -OCH3 is 1. The highest BCUT2D eigenvalue weighted by Gasteiger charge is 2.41. The number of aliphatic hydroxyl groups excluding tert-OH is 1. The van der Waals surface area contributed by atoms with E-state index in [2.05, 4.69) is 0 Å². The average Bonchev–Trinajstić information content (AvgIpc) is 2.27. The van der Waals surface area contributed by atoms with Crippen LogP contribution in [0, 0.1) is 17.8 Å². The molecule has 2 fully saturated rings. The summed E-state index contributed by atoms with van der Waals surface area (Å²) in [5, 5.41) is 9.67. The molecule has 0 aliphatic heterocycles. The van der Waals surface area contributed by atoms with Gasteiger partial charge in [0.05, 0.1) is 19.1 Å². The first-order chi connectivity index (χ1) is 7.22. The standard InChI is InChI=1S/C12H20O3/c1-15-12(14)10-4-2-3-8-5-6-9(13)7-11(8)10/h8-11,13H,2-7H2,1H3. The van der Waals surface area contributed by atoms with E-state index in [4.69, 9.17) is 4.74 Å². The number of carbonyl (C=O) groups excluding carboxylic acids is 1. The van der Waals surface area contributed by atoms with Crippen molar-refractivity contribution in [3.63, 3.8) is 0 Å². The van der Waals surface area contributed by atoms with Crippen LogP contribution in [-0.4, -0.2) is 24.3 Å². The normalized spacial score (nSPS) is 40.7. The first-order valence-corrected chi connectivity index (χ1v) is 5.98. The third kappa shape index (κ3) is 2.17. The SMILES string of the molecule is COC(=O)C1CCCC2CCC(O)CC21. The molecular formula is C12H20O3. The molecule has 0 heterocycles. The van der Waals surface area contributed by atoms with Gasteiger partial charge in [-0.3, -0.25) is 4.79 Å². The Morgan fingerprint density at radius 1 is 1.27 bits per heavy atom. The second-order valence-electron chi connectivity index (χ2n) is 4.95. The molecule has 3 heteroatoms. The number of hydrogen-bond donors (Lipinski definition) is 1. The van der Waals surface area contributed by atoms with Crippen LogP contribution in [0.25, 0.3) is 0 Å². The molecule has 0 aromatic heterocycles. The second kappa shape index (κ2) is 4.52. The Morgan fingerprint density at radius 3 is 2.80 bits per heavy atom. The first kappa shape index (κ1) is 10.9. The Morgan fingerprint density at radius 2 is 2.07 bits per heavy atom. The van der Waals surface area contributed by atoms with Gasteiger partial charge in [-0.2, -0.15) is 0 Å². The molecular weight excluding hydrogens is 192 g/mol. The van der Waals surface area contributed by atoms with Crippen LogP contribution in [0.3, 0.4) is 0 Å². The van der Waals surface area contributed by atoms with Gasteiger partial charge in [0.2, 0.25) is 0 Å². The van der Waals surface area contributed by atoms with Gasteiger partial charge in [-0.05, 0) is 37.5 Å². The fourth-order valence-corrected chi connectivity index (χ4v) is 3.35. The van der Waals surface area contributed by atoms with E-state index in [1.165, 1.54) is 13.5 Å². The van der Waals surface area contributed by atoms with Gasteiger partial charge in [0, 0.05) is 0 Å². The van der Waals surface area contributed by atoms with E-state index in [1.807, 2.05) is 0 Å². The van der Waals surface area contributed by atoms with Gasteiger partial charge in [0.1, 0.15) is 0 Å². The number of esters is 1. The number of carbonyl (C=O) groups is 1. The van der Waals surface area contributed by atoms with Gasteiger partial charge in [0.25, 0.3) is 0 Å². The summed E-state index contributed by atoms with van der Waals surface area (Å²) in [5.41, 5.74) is 0. The molecule has 1 N–H and O–H groups in total. The molecule has 15 heavy (non-hydrogen) atoms. The van der Waals surface area contributed by atoms with Crippen LogP contribution in [0.2, 0.25) is 0 Å². The largest absolute Gasteiger partial charge is 0.469 e. The molecule has 0 bridgehead atoms. The summed E-state index contributed by atoms with van der Waals surface area (Å²) >= 11 is 0. The minimum Gasteiger partial charge on any atom is -0.469 e. The molecule has 0 aromatic carbocycles. The lowest BCUT2D eigenvalue weighted by Crippen LogP contribution is -2.39.